The fraction of sp³-hybridized carbons (Fsp3) is 0.0667. The van der Waals surface area contributed by atoms with Gasteiger partial charge in [-0.2, -0.15) is 4.39 Å². The lowest BCUT2D eigenvalue weighted by molar-refractivity contribution is -0.387. The third kappa shape index (κ3) is 4.86. The molecule has 0 radical (unpaired) electrons. The van der Waals surface area contributed by atoms with Crippen LogP contribution in [-0.2, 0) is 9.53 Å². The Morgan fingerprint density at radius 2 is 2.00 bits per heavy atom. The van der Waals surface area contributed by atoms with Crippen molar-refractivity contribution < 1.29 is 28.7 Å². The summed E-state index contributed by atoms with van der Waals surface area (Å²) in [5.41, 5.74) is -0.915. The van der Waals surface area contributed by atoms with Crippen LogP contribution in [0.3, 0.4) is 0 Å². The fourth-order valence-corrected chi connectivity index (χ4v) is 2.30. The van der Waals surface area contributed by atoms with Gasteiger partial charge in [0.2, 0.25) is 5.82 Å². The van der Waals surface area contributed by atoms with Crippen molar-refractivity contribution >= 4 is 45.8 Å². The molecule has 25 heavy (non-hydrogen) atoms. The number of carbonyl (C=O) groups is 2. The van der Waals surface area contributed by atoms with Crippen molar-refractivity contribution in [1.82, 2.24) is 0 Å². The van der Waals surface area contributed by atoms with Crippen molar-refractivity contribution in [3.05, 3.63) is 61.5 Å². The van der Waals surface area contributed by atoms with E-state index >= 15 is 0 Å². The van der Waals surface area contributed by atoms with Crippen molar-refractivity contribution in [2.45, 2.75) is 0 Å². The van der Waals surface area contributed by atoms with Crippen LogP contribution in [0.15, 0.2) is 36.4 Å². The number of aromatic hydroxyl groups is 1. The van der Waals surface area contributed by atoms with Gasteiger partial charge in [0.15, 0.2) is 6.61 Å². The number of nitrogens with zero attached hydrogens (tertiary/aromatic N) is 1. The van der Waals surface area contributed by atoms with Crippen LogP contribution < -0.4 is 5.32 Å². The molecule has 2 aromatic carbocycles. The van der Waals surface area contributed by atoms with E-state index in [2.05, 4.69) is 5.32 Å². The van der Waals surface area contributed by atoms with E-state index in [1.165, 1.54) is 12.1 Å². The average molecular weight is 460 g/mol. The van der Waals surface area contributed by atoms with E-state index in [9.17, 15) is 29.2 Å². The number of hydrogen-bond donors (Lipinski definition) is 2. The van der Waals surface area contributed by atoms with E-state index in [1.807, 2.05) is 22.6 Å². The molecular weight excluding hydrogens is 450 g/mol. The van der Waals surface area contributed by atoms with Crippen LogP contribution in [0.1, 0.15) is 10.4 Å². The van der Waals surface area contributed by atoms with E-state index in [4.69, 9.17) is 4.74 Å². The Labute approximate surface area is 153 Å². The molecular formula is C15H10FIN2O6. The van der Waals surface area contributed by atoms with Gasteiger partial charge in [0, 0.05) is 15.3 Å². The fourth-order valence-electron chi connectivity index (χ4n) is 1.81. The zero-order valence-electron chi connectivity index (χ0n) is 12.4. The number of amides is 1. The van der Waals surface area contributed by atoms with Crippen molar-refractivity contribution in [2.75, 3.05) is 11.9 Å². The predicted octanol–water partition coefficient (Wildman–Crippen LogP) is 2.84. The Morgan fingerprint density at radius 1 is 1.28 bits per heavy atom. The van der Waals surface area contributed by atoms with Gasteiger partial charge in [-0.05, 0) is 52.9 Å². The van der Waals surface area contributed by atoms with Crippen molar-refractivity contribution in [3.8, 4) is 5.75 Å². The second-order valence-corrected chi connectivity index (χ2v) is 5.95. The van der Waals surface area contributed by atoms with Gasteiger partial charge in [-0.3, -0.25) is 14.9 Å². The summed E-state index contributed by atoms with van der Waals surface area (Å²) in [6, 6.07) is 7.11. The second kappa shape index (κ2) is 7.88. The van der Waals surface area contributed by atoms with E-state index in [0.717, 1.165) is 18.2 Å². The van der Waals surface area contributed by atoms with Crippen LogP contribution in [0.2, 0.25) is 0 Å². The lowest BCUT2D eigenvalue weighted by Crippen LogP contribution is -2.21. The number of benzene rings is 2. The number of hydrogen-bond acceptors (Lipinski definition) is 6. The number of phenolic OH excluding ortho intramolecular Hbond substituents is 1. The smallest absolute Gasteiger partial charge is 0.342 e. The van der Waals surface area contributed by atoms with Gasteiger partial charge in [0.05, 0.1) is 4.92 Å². The standard InChI is InChI=1S/C15H10FIN2O6/c16-11-3-2-9(6-12(11)19(23)24)18-14(21)7-25-15(22)10-5-8(17)1-4-13(10)20/h1-6,20H,7H2,(H,18,21). The summed E-state index contributed by atoms with van der Waals surface area (Å²) in [6.07, 6.45) is 0. The maximum absolute atomic E-state index is 13.2. The normalized spacial score (nSPS) is 10.2. The maximum Gasteiger partial charge on any atom is 0.342 e. The SMILES string of the molecule is O=C(COC(=O)c1cc(I)ccc1O)Nc1ccc(F)c([N+](=O)[O-])c1. The first-order chi connectivity index (χ1) is 11.8. The first kappa shape index (κ1) is 18.6. The summed E-state index contributed by atoms with van der Waals surface area (Å²) in [6.45, 7) is -0.686. The van der Waals surface area contributed by atoms with Crippen LogP contribution in [0.25, 0.3) is 0 Å². The minimum absolute atomic E-state index is 0.0220. The number of nitro benzene ring substituents is 1. The molecule has 0 unspecified atom stereocenters. The van der Waals surface area contributed by atoms with E-state index < -0.39 is 34.9 Å². The molecule has 0 aliphatic rings. The molecule has 0 aromatic heterocycles. The topological polar surface area (TPSA) is 119 Å². The monoisotopic (exact) mass is 460 g/mol. The van der Waals surface area contributed by atoms with Crippen LogP contribution >= 0.6 is 22.6 Å². The van der Waals surface area contributed by atoms with Crippen molar-refractivity contribution in [1.29, 1.82) is 0 Å². The van der Waals surface area contributed by atoms with Gasteiger partial charge < -0.3 is 15.2 Å². The molecule has 1 amide bonds. The highest BCUT2D eigenvalue weighted by atomic mass is 127. The summed E-state index contributed by atoms with van der Waals surface area (Å²) in [5, 5.41) is 22.5. The average Bonchev–Trinajstić information content (AvgIpc) is 2.56. The number of halogens is 2. The van der Waals surface area contributed by atoms with E-state index in [0.29, 0.717) is 3.57 Å². The summed E-state index contributed by atoms with van der Waals surface area (Å²) < 4.78 is 18.7. The Morgan fingerprint density at radius 3 is 2.68 bits per heavy atom. The van der Waals surface area contributed by atoms with Gasteiger partial charge in [-0.1, -0.05) is 0 Å². The third-order valence-corrected chi connectivity index (χ3v) is 3.61. The molecule has 2 N–H and O–H groups in total. The Bertz CT molecular complexity index is 858. The molecule has 2 rings (SSSR count). The molecule has 0 saturated carbocycles. The summed E-state index contributed by atoms with van der Waals surface area (Å²) in [4.78, 5) is 33.3. The number of nitro groups is 1. The summed E-state index contributed by atoms with van der Waals surface area (Å²) in [5.74, 6) is -3.01. The zero-order valence-corrected chi connectivity index (χ0v) is 14.5. The molecule has 130 valence electrons. The lowest BCUT2D eigenvalue weighted by Gasteiger charge is -2.08. The number of carbonyl (C=O) groups excluding carboxylic acids is 2. The Balaban J connectivity index is 1.99. The molecule has 0 aliphatic heterocycles. The molecule has 8 nitrogen and oxygen atoms in total. The van der Waals surface area contributed by atoms with Gasteiger partial charge in [0.1, 0.15) is 11.3 Å². The van der Waals surface area contributed by atoms with Gasteiger partial charge >= 0.3 is 11.7 Å². The molecule has 0 fully saturated rings. The predicted molar refractivity (Wildman–Crippen MR) is 92.8 cm³/mol. The maximum atomic E-state index is 13.2. The molecule has 2 aromatic rings. The van der Waals surface area contributed by atoms with Gasteiger partial charge in [-0.25, -0.2) is 4.79 Å². The number of phenols is 1. The van der Waals surface area contributed by atoms with Gasteiger partial charge in [-0.15, -0.1) is 0 Å². The highest BCUT2D eigenvalue weighted by Crippen LogP contribution is 2.22. The first-order valence-electron chi connectivity index (χ1n) is 6.67. The number of anilines is 1. The lowest BCUT2D eigenvalue weighted by atomic mass is 10.2. The quantitative estimate of drug-likeness (QED) is 0.307. The van der Waals surface area contributed by atoms with Crippen LogP contribution in [0.4, 0.5) is 15.8 Å². The number of rotatable bonds is 5. The Hall–Kier alpha value is -2.76. The van der Waals surface area contributed by atoms with Crippen molar-refractivity contribution in [3.63, 3.8) is 0 Å². The minimum Gasteiger partial charge on any atom is -0.507 e. The third-order valence-electron chi connectivity index (χ3n) is 2.94. The molecule has 0 heterocycles. The number of ether oxygens (including phenoxy) is 1. The number of nitrogens with one attached hydrogen (secondary N) is 1. The molecule has 0 bridgehead atoms. The van der Waals surface area contributed by atoms with Crippen LogP contribution in [0, 0.1) is 19.5 Å². The summed E-state index contributed by atoms with van der Waals surface area (Å²) >= 11 is 1.94. The highest BCUT2D eigenvalue weighted by molar-refractivity contribution is 14.1. The van der Waals surface area contributed by atoms with E-state index in [1.54, 1.807) is 6.07 Å². The Kier molecular flexibility index (Phi) is 5.85. The zero-order chi connectivity index (χ0) is 18.6. The second-order valence-electron chi connectivity index (χ2n) is 4.71. The number of esters is 1. The largest absolute Gasteiger partial charge is 0.507 e. The van der Waals surface area contributed by atoms with Crippen LogP contribution in [0.5, 0.6) is 5.75 Å². The summed E-state index contributed by atoms with van der Waals surface area (Å²) in [7, 11) is 0. The molecule has 0 spiro atoms. The molecule has 0 aliphatic carbocycles. The first-order valence-corrected chi connectivity index (χ1v) is 7.75. The molecule has 0 atom stereocenters. The highest BCUT2D eigenvalue weighted by Gasteiger charge is 2.17. The van der Waals surface area contributed by atoms with E-state index in [-0.39, 0.29) is 17.0 Å². The molecule has 0 saturated heterocycles. The van der Waals surface area contributed by atoms with Crippen LogP contribution in [-0.4, -0.2) is 28.5 Å². The minimum atomic E-state index is -1.04. The van der Waals surface area contributed by atoms with Gasteiger partial charge in [0.25, 0.3) is 5.91 Å². The van der Waals surface area contributed by atoms with Crippen molar-refractivity contribution in [2.24, 2.45) is 0 Å². The molecule has 10 heteroatoms.